The maximum Gasteiger partial charge on any atom is 0.247 e. The van der Waals surface area contributed by atoms with E-state index in [9.17, 15) is 19.1 Å². The summed E-state index contributed by atoms with van der Waals surface area (Å²) in [6, 6.07) is 21.7. The van der Waals surface area contributed by atoms with E-state index in [1.165, 1.54) is 20.9 Å². The van der Waals surface area contributed by atoms with E-state index in [2.05, 4.69) is 84.7 Å². The summed E-state index contributed by atoms with van der Waals surface area (Å²) >= 11 is 8.18. The SMILES string of the molecule is CC.CC.CC(C)[C@](S)(C(=O)N1CCCC1C=O)c1cc(-c2cnc(N3CCC(c4cc5cc(-c6ccccc6O)nnc5s4)C3)nc2)no1.CF.CN[C@@H](C)c1ccc(-c2scnc2C)cc1. The van der Waals surface area contributed by atoms with Crippen LogP contribution in [0.3, 0.4) is 0 Å². The molecule has 9 rings (SSSR count). The number of hydrogen-bond donors (Lipinski definition) is 3. The van der Waals surface area contributed by atoms with E-state index in [1.54, 1.807) is 58.2 Å². The van der Waals surface area contributed by atoms with E-state index in [0.29, 0.717) is 66.3 Å². The van der Waals surface area contributed by atoms with Crippen LogP contribution in [-0.4, -0.2) is 92.4 Å². The molecule has 0 aliphatic carbocycles. The van der Waals surface area contributed by atoms with Crippen molar-refractivity contribution < 1.29 is 23.6 Å². The molecular formula is C51H64FN9O4S3. The first-order valence-corrected chi connectivity index (χ1v) is 25.3. The zero-order chi connectivity index (χ0) is 49.5. The molecular weight excluding hydrogens is 918 g/mol. The molecule has 7 aromatic rings. The van der Waals surface area contributed by atoms with Gasteiger partial charge in [0.05, 0.1) is 35.0 Å². The lowest BCUT2D eigenvalue weighted by molar-refractivity contribution is -0.138. The van der Waals surface area contributed by atoms with Crippen molar-refractivity contribution in [1.82, 2.24) is 40.5 Å². The highest BCUT2D eigenvalue weighted by Crippen LogP contribution is 2.42. The third kappa shape index (κ3) is 11.8. The van der Waals surface area contributed by atoms with Crippen molar-refractivity contribution in [3.63, 3.8) is 0 Å². The third-order valence-electron chi connectivity index (χ3n) is 11.9. The second-order valence-corrected chi connectivity index (χ2v) is 18.7. The number of benzene rings is 2. The summed E-state index contributed by atoms with van der Waals surface area (Å²) in [5, 5.41) is 27.5. The Hall–Kier alpha value is -5.62. The molecule has 0 spiro atoms. The average Bonchev–Trinajstić information content (AvgIpc) is 4.26. The van der Waals surface area contributed by atoms with Gasteiger partial charge in [0.25, 0.3) is 0 Å². The molecule has 4 atom stereocenters. The van der Waals surface area contributed by atoms with E-state index in [-0.39, 0.29) is 17.6 Å². The number of nitrogens with one attached hydrogen (secondary N) is 1. The summed E-state index contributed by atoms with van der Waals surface area (Å²) in [6.07, 6.45) is 6.65. The first-order valence-electron chi connectivity index (χ1n) is 23.1. The second-order valence-electron chi connectivity index (χ2n) is 16.1. The van der Waals surface area contributed by atoms with Crippen LogP contribution >= 0.6 is 35.3 Å². The number of aromatic nitrogens is 6. The number of rotatable bonds is 11. The molecule has 1 amide bonds. The summed E-state index contributed by atoms with van der Waals surface area (Å²) in [5.41, 5.74) is 8.05. The maximum atomic E-state index is 13.6. The van der Waals surface area contributed by atoms with Gasteiger partial charge in [-0.1, -0.05) is 83.1 Å². The first kappa shape index (κ1) is 53.3. The lowest BCUT2D eigenvalue weighted by atomic mass is 9.89. The average molecular weight is 982 g/mol. The van der Waals surface area contributed by atoms with Gasteiger partial charge in [0.1, 0.15) is 22.6 Å². The number of aryl methyl sites for hydroxylation is 1. The fraction of sp³-hybridized carbons (Fsp3) is 0.412. The van der Waals surface area contributed by atoms with Gasteiger partial charge in [-0.05, 0) is 81.5 Å². The number of thiazole rings is 1. The van der Waals surface area contributed by atoms with Crippen LogP contribution in [0.2, 0.25) is 0 Å². The van der Waals surface area contributed by atoms with E-state index in [4.69, 9.17) is 17.2 Å². The largest absolute Gasteiger partial charge is 0.507 e. The van der Waals surface area contributed by atoms with Gasteiger partial charge >= 0.3 is 0 Å². The molecule has 2 aliphatic heterocycles. The molecule has 17 heteroatoms. The van der Waals surface area contributed by atoms with Crippen molar-refractivity contribution in [2.24, 2.45) is 5.92 Å². The van der Waals surface area contributed by atoms with Gasteiger partial charge in [-0.3, -0.25) is 9.18 Å². The highest BCUT2D eigenvalue weighted by atomic mass is 32.1. The standard InChI is InChI=1S/C33H33N7O4S2.C13H16N2S.2C2H6.CH3F/c1-19(2)33(45,31(43)40-10-5-6-23(40)18-41)29-14-25(38-44-29)22-15-34-32(35-16-22)39-11-9-20(17-39)28-13-21-12-26(36-37-30(21)46-28)24-7-3-4-8-27(24)42;1-9(14-3)11-4-6-12(7-5-11)13-10(2)15-8-16-13;3*1-2/h3-4,7-8,12-16,18-20,23,42,45H,5-6,9-11,17H2,1-2H3;4-9,14H,1-3H3;2*1-2H3;1H3/t20?,23?,33-;9-;;;/m10.../s1. The molecule has 2 unspecified atom stereocenters. The highest BCUT2D eigenvalue weighted by molar-refractivity contribution is 7.82. The summed E-state index contributed by atoms with van der Waals surface area (Å²) in [5.74, 6) is 0.980. The number of thiol groups is 1. The number of fused-ring (bicyclic) bond motifs is 1. The molecule has 2 aromatic carbocycles. The van der Waals surface area contributed by atoms with Crippen LogP contribution in [-0.2, 0) is 14.3 Å². The number of likely N-dealkylation sites (tertiary alicyclic amines) is 1. The number of phenols is 1. The van der Waals surface area contributed by atoms with E-state index >= 15 is 0 Å². The molecule has 7 heterocycles. The summed E-state index contributed by atoms with van der Waals surface area (Å²) in [6.45, 7) is 18.1. The van der Waals surface area contributed by atoms with Crippen LogP contribution in [0, 0.1) is 12.8 Å². The molecule has 362 valence electrons. The van der Waals surface area contributed by atoms with Crippen molar-refractivity contribution in [2.45, 2.75) is 97.4 Å². The number of anilines is 1. The molecule has 2 N–H and O–H groups in total. The van der Waals surface area contributed by atoms with Gasteiger partial charge in [-0.15, -0.1) is 32.9 Å². The number of carbonyl (C=O) groups is 2. The van der Waals surface area contributed by atoms with Crippen LogP contribution in [0.5, 0.6) is 5.75 Å². The lowest BCUT2D eigenvalue weighted by Gasteiger charge is -2.34. The van der Waals surface area contributed by atoms with Crippen molar-refractivity contribution in [3.05, 3.63) is 107 Å². The van der Waals surface area contributed by atoms with Crippen LogP contribution in [0.4, 0.5) is 10.3 Å². The summed E-state index contributed by atoms with van der Waals surface area (Å²) in [7, 11) is 2.48. The third-order valence-corrected chi connectivity index (χ3v) is 15.0. The number of halogens is 1. The van der Waals surface area contributed by atoms with Gasteiger partial charge in [0.15, 0.2) is 10.5 Å². The second kappa shape index (κ2) is 25.1. The van der Waals surface area contributed by atoms with Crippen LogP contribution in [0.15, 0.2) is 89.2 Å². The number of alkyl halides is 1. The van der Waals surface area contributed by atoms with E-state index in [1.807, 2.05) is 72.3 Å². The molecule has 13 nitrogen and oxygen atoms in total. The van der Waals surface area contributed by atoms with Crippen LogP contribution in [0.1, 0.15) is 102 Å². The number of nitrogens with zero attached hydrogens (tertiary/aromatic N) is 8. The van der Waals surface area contributed by atoms with Crippen molar-refractivity contribution in [3.8, 4) is 38.7 Å². The van der Waals surface area contributed by atoms with Gasteiger partial charge in [-0.25, -0.2) is 15.0 Å². The number of thiophene rings is 1. The summed E-state index contributed by atoms with van der Waals surface area (Å²) < 4.78 is 13.9. The summed E-state index contributed by atoms with van der Waals surface area (Å²) in [4.78, 5) is 45.9. The highest BCUT2D eigenvalue weighted by Gasteiger charge is 2.48. The molecule has 0 saturated carbocycles. The normalized spacial score (nSPS) is 16.5. The van der Waals surface area contributed by atoms with Crippen molar-refractivity contribution in [1.29, 1.82) is 0 Å². The minimum atomic E-state index is -1.27. The zero-order valence-electron chi connectivity index (χ0n) is 40.6. The molecule has 0 radical (unpaired) electrons. The Morgan fingerprint density at radius 1 is 0.941 bits per heavy atom. The van der Waals surface area contributed by atoms with Crippen LogP contribution < -0.4 is 10.2 Å². The van der Waals surface area contributed by atoms with Gasteiger partial charge in [0.2, 0.25) is 11.9 Å². The Labute approximate surface area is 413 Å². The zero-order valence-corrected chi connectivity index (χ0v) is 43.1. The fourth-order valence-electron chi connectivity index (χ4n) is 7.99. The molecule has 0 bridgehead atoms. The molecule has 2 aliphatic rings. The Bertz CT molecular complexity index is 2670. The number of amides is 1. The van der Waals surface area contributed by atoms with Crippen LogP contribution in [0.25, 0.3) is 43.2 Å². The van der Waals surface area contributed by atoms with Crippen molar-refractivity contribution in [2.75, 3.05) is 38.8 Å². The number of hydrogen-bond acceptors (Lipinski definition) is 15. The Balaban J connectivity index is 0.000000328. The monoisotopic (exact) mass is 981 g/mol. The Morgan fingerprint density at radius 3 is 2.28 bits per heavy atom. The topological polar surface area (TPSA) is 163 Å². The lowest BCUT2D eigenvalue weighted by Crippen LogP contribution is -2.48. The predicted molar refractivity (Wildman–Crippen MR) is 277 cm³/mol. The molecule has 2 saturated heterocycles. The molecule has 5 aromatic heterocycles. The minimum Gasteiger partial charge on any atom is -0.507 e. The number of phenolic OH excluding ortho intramolecular Hbond substituents is 1. The van der Waals surface area contributed by atoms with E-state index in [0.717, 1.165) is 48.1 Å². The number of aldehydes is 1. The number of carbonyl (C=O) groups excluding carboxylic acids is 2. The molecule has 2 fully saturated rings. The Morgan fingerprint density at radius 2 is 1.65 bits per heavy atom. The number of para-hydroxylation sites is 1. The first-order chi connectivity index (χ1) is 33.0. The Kier molecular flexibility index (Phi) is 19.7. The fourth-order valence-corrected chi connectivity index (χ4v) is 10.1. The maximum absolute atomic E-state index is 13.6. The number of aromatic hydroxyl groups is 1. The molecule has 68 heavy (non-hydrogen) atoms. The van der Waals surface area contributed by atoms with Gasteiger partial charge in [0, 0.05) is 71.4 Å². The smallest absolute Gasteiger partial charge is 0.247 e. The van der Waals surface area contributed by atoms with Crippen molar-refractivity contribution >= 4 is 63.7 Å². The quantitative estimate of drug-likeness (QED) is 0.0832. The van der Waals surface area contributed by atoms with Gasteiger partial charge < -0.3 is 29.5 Å². The van der Waals surface area contributed by atoms with Gasteiger partial charge in [-0.2, -0.15) is 12.6 Å². The van der Waals surface area contributed by atoms with E-state index < -0.39 is 10.8 Å². The predicted octanol–water partition coefficient (Wildman–Crippen LogP) is 11.5. The minimum absolute atomic E-state index is 0.180.